The zero-order chi connectivity index (χ0) is 26.3. The molecule has 3 aromatic carbocycles. The van der Waals surface area contributed by atoms with Gasteiger partial charge in [-0.15, -0.1) is 0 Å². The van der Waals surface area contributed by atoms with E-state index in [-0.39, 0.29) is 11.4 Å². The Bertz CT molecular complexity index is 1360. The molecule has 11 heteroatoms. The average molecular weight is 505 g/mol. The second-order valence-electron chi connectivity index (χ2n) is 8.37. The van der Waals surface area contributed by atoms with Gasteiger partial charge in [0.15, 0.2) is 17.6 Å². The summed E-state index contributed by atoms with van der Waals surface area (Å²) in [6.07, 6.45) is -1.12. The summed E-state index contributed by atoms with van der Waals surface area (Å²) in [4.78, 5) is 45.0. The largest absolute Gasteiger partial charge is 0.493 e. The van der Waals surface area contributed by atoms with Crippen molar-refractivity contribution in [2.75, 3.05) is 31.3 Å². The number of hydrogen-bond acceptors (Lipinski definition) is 9. The van der Waals surface area contributed by atoms with Crippen LogP contribution >= 0.6 is 0 Å². The maximum atomic E-state index is 13.8. The van der Waals surface area contributed by atoms with Crippen LogP contribution in [0.25, 0.3) is 0 Å². The number of imide groups is 1. The van der Waals surface area contributed by atoms with Crippen molar-refractivity contribution in [3.63, 3.8) is 0 Å². The Balaban J connectivity index is 1.63. The van der Waals surface area contributed by atoms with Gasteiger partial charge >= 0.3 is 0 Å². The van der Waals surface area contributed by atoms with E-state index in [1.54, 1.807) is 17.2 Å². The molecule has 2 heterocycles. The number of benzene rings is 3. The number of rotatable bonds is 7. The standard InChI is InChI=1S/C26H23N3O8/c1-34-19-14-13-18(22(35-2)23(19)36-3)21-20-24(37-28(21)16-7-5-4-6-8-16)26(31)27(25(20)30)15-9-11-17(12-10-15)29(32)33/h4-14,20-21,24H,1-3H3/t20-,21-,24-/m0/s1. The number of hydroxylamine groups is 1. The number of nitrogens with zero attached hydrogens (tertiary/aromatic N) is 3. The smallest absolute Gasteiger partial charge is 0.269 e. The molecule has 190 valence electrons. The Morgan fingerprint density at radius 3 is 2.08 bits per heavy atom. The van der Waals surface area contributed by atoms with E-state index in [0.717, 1.165) is 4.90 Å². The van der Waals surface area contributed by atoms with Crippen molar-refractivity contribution < 1.29 is 33.6 Å². The van der Waals surface area contributed by atoms with E-state index >= 15 is 0 Å². The van der Waals surface area contributed by atoms with Gasteiger partial charge < -0.3 is 14.2 Å². The van der Waals surface area contributed by atoms with Crippen molar-refractivity contribution in [3.05, 3.63) is 82.4 Å². The maximum Gasteiger partial charge on any atom is 0.269 e. The van der Waals surface area contributed by atoms with Crippen molar-refractivity contribution in [3.8, 4) is 17.2 Å². The SMILES string of the molecule is COc1ccc([C@H]2[C@@H]3C(=O)N(c4ccc([N+](=O)[O-])cc4)C(=O)[C@H]3ON2c2ccccc2)c(OC)c1OC. The molecule has 3 aromatic rings. The van der Waals surface area contributed by atoms with Crippen molar-refractivity contribution in [1.82, 2.24) is 0 Å². The Labute approximate surface area is 211 Å². The van der Waals surface area contributed by atoms with E-state index in [1.165, 1.54) is 45.6 Å². The molecule has 2 saturated heterocycles. The van der Waals surface area contributed by atoms with Crippen molar-refractivity contribution in [2.24, 2.45) is 5.92 Å². The highest BCUT2D eigenvalue weighted by molar-refractivity contribution is 6.24. The third kappa shape index (κ3) is 3.80. The molecule has 0 radical (unpaired) electrons. The molecule has 37 heavy (non-hydrogen) atoms. The predicted molar refractivity (Wildman–Crippen MR) is 132 cm³/mol. The summed E-state index contributed by atoms with van der Waals surface area (Å²) in [5.41, 5.74) is 1.27. The number of para-hydroxylation sites is 1. The molecular weight excluding hydrogens is 482 g/mol. The topological polar surface area (TPSA) is 121 Å². The van der Waals surface area contributed by atoms with E-state index in [9.17, 15) is 19.7 Å². The number of non-ortho nitro benzene ring substituents is 1. The summed E-state index contributed by atoms with van der Waals surface area (Å²) in [7, 11) is 4.46. The van der Waals surface area contributed by atoms with Crippen LogP contribution in [0, 0.1) is 16.0 Å². The van der Waals surface area contributed by atoms with Crippen LogP contribution in [0.5, 0.6) is 17.2 Å². The zero-order valence-electron chi connectivity index (χ0n) is 20.2. The second kappa shape index (κ2) is 9.43. The van der Waals surface area contributed by atoms with Crippen LogP contribution in [-0.2, 0) is 14.4 Å². The molecule has 2 fully saturated rings. The molecule has 11 nitrogen and oxygen atoms in total. The molecule has 3 atom stereocenters. The molecule has 5 rings (SSSR count). The van der Waals surface area contributed by atoms with E-state index in [0.29, 0.717) is 28.5 Å². The van der Waals surface area contributed by atoms with E-state index in [4.69, 9.17) is 19.0 Å². The molecule has 0 unspecified atom stereocenters. The first-order chi connectivity index (χ1) is 17.9. The quantitative estimate of drug-likeness (QED) is 0.269. The number of carbonyl (C=O) groups excluding carboxylic acids is 2. The number of nitro groups is 1. The van der Waals surface area contributed by atoms with Gasteiger partial charge in [-0.05, 0) is 36.4 Å². The fourth-order valence-corrected chi connectivity index (χ4v) is 4.86. The number of carbonyl (C=O) groups is 2. The lowest BCUT2D eigenvalue weighted by Gasteiger charge is -2.30. The first-order valence-electron chi connectivity index (χ1n) is 11.3. The van der Waals surface area contributed by atoms with Gasteiger partial charge in [-0.3, -0.25) is 24.5 Å². The molecule has 2 aliphatic heterocycles. The van der Waals surface area contributed by atoms with Crippen LogP contribution in [-0.4, -0.2) is 44.2 Å². The summed E-state index contributed by atoms with van der Waals surface area (Å²) in [6.45, 7) is 0. The molecule has 0 bridgehead atoms. The lowest BCUT2D eigenvalue weighted by atomic mass is 9.89. The molecule has 2 amide bonds. The van der Waals surface area contributed by atoms with Crippen LogP contribution in [0.4, 0.5) is 17.1 Å². The van der Waals surface area contributed by atoms with Gasteiger partial charge in [0.05, 0.1) is 37.6 Å². The summed E-state index contributed by atoms with van der Waals surface area (Å²) in [5.74, 6) is -0.883. The van der Waals surface area contributed by atoms with Crippen molar-refractivity contribution in [2.45, 2.75) is 12.1 Å². The first kappa shape index (κ1) is 24.1. The molecule has 2 aliphatic rings. The molecule has 0 spiro atoms. The number of anilines is 2. The van der Waals surface area contributed by atoms with Gasteiger partial charge in [0.2, 0.25) is 11.7 Å². The van der Waals surface area contributed by atoms with Crippen LogP contribution in [0.1, 0.15) is 11.6 Å². The molecular formula is C26H23N3O8. The van der Waals surface area contributed by atoms with Gasteiger partial charge in [-0.2, -0.15) is 0 Å². The molecule has 0 N–H and O–H groups in total. The predicted octanol–water partition coefficient (Wildman–Crippen LogP) is 3.67. The fourth-order valence-electron chi connectivity index (χ4n) is 4.86. The average Bonchev–Trinajstić information content (AvgIpc) is 3.43. The van der Waals surface area contributed by atoms with E-state index < -0.39 is 34.8 Å². The third-order valence-electron chi connectivity index (χ3n) is 6.50. The summed E-state index contributed by atoms with van der Waals surface area (Å²) >= 11 is 0. The summed E-state index contributed by atoms with van der Waals surface area (Å²) in [5, 5.41) is 12.6. The third-order valence-corrected chi connectivity index (χ3v) is 6.50. The van der Waals surface area contributed by atoms with Crippen molar-refractivity contribution in [1.29, 1.82) is 0 Å². The van der Waals surface area contributed by atoms with Gasteiger partial charge in [0, 0.05) is 17.7 Å². The van der Waals surface area contributed by atoms with Gasteiger partial charge in [0.25, 0.3) is 11.6 Å². The van der Waals surface area contributed by atoms with E-state index in [1.807, 2.05) is 30.3 Å². The minimum Gasteiger partial charge on any atom is -0.493 e. The summed E-state index contributed by atoms with van der Waals surface area (Å²) < 4.78 is 16.7. The lowest BCUT2D eigenvalue weighted by molar-refractivity contribution is -0.384. The first-order valence-corrected chi connectivity index (χ1v) is 11.3. The molecule has 0 aromatic heterocycles. The Kier molecular flexibility index (Phi) is 6.14. The van der Waals surface area contributed by atoms with Crippen LogP contribution < -0.4 is 24.2 Å². The van der Waals surface area contributed by atoms with Crippen molar-refractivity contribution >= 4 is 28.9 Å². The number of methoxy groups -OCH3 is 3. The molecule has 0 saturated carbocycles. The second-order valence-corrected chi connectivity index (χ2v) is 8.37. The number of fused-ring (bicyclic) bond motifs is 1. The maximum absolute atomic E-state index is 13.8. The molecule has 0 aliphatic carbocycles. The zero-order valence-corrected chi connectivity index (χ0v) is 20.2. The van der Waals surface area contributed by atoms with Gasteiger partial charge in [0.1, 0.15) is 12.0 Å². The van der Waals surface area contributed by atoms with E-state index in [2.05, 4.69) is 0 Å². The monoisotopic (exact) mass is 505 g/mol. The van der Waals surface area contributed by atoms with Crippen LogP contribution in [0.3, 0.4) is 0 Å². The minimum atomic E-state index is -1.12. The minimum absolute atomic E-state index is 0.150. The normalized spacial score (nSPS) is 20.7. The Morgan fingerprint density at radius 1 is 0.811 bits per heavy atom. The number of ether oxygens (including phenoxy) is 3. The van der Waals surface area contributed by atoms with Crippen LogP contribution in [0.2, 0.25) is 0 Å². The van der Waals surface area contributed by atoms with Crippen LogP contribution in [0.15, 0.2) is 66.7 Å². The lowest BCUT2D eigenvalue weighted by Crippen LogP contribution is -2.37. The highest BCUT2D eigenvalue weighted by atomic mass is 16.7. The number of amides is 2. The fraction of sp³-hybridized carbons (Fsp3) is 0.231. The number of nitro benzene ring substituents is 1. The number of hydrogen-bond donors (Lipinski definition) is 0. The Hall–Kier alpha value is -4.64. The Morgan fingerprint density at radius 2 is 1.49 bits per heavy atom. The highest BCUT2D eigenvalue weighted by Crippen LogP contribution is 2.52. The van der Waals surface area contributed by atoms with Gasteiger partial charge in [-0.25, -0.2) is 9.96 Å². The van der Waals surface area contributed by atoms with Gasteiger partial charge in [-0.1, -0.05) is 18.2 Å². The summed E-state index contributed by atoms with van der Waals surface area (Å²) in [6, 6.07) is 17.0. The highest BCUT2D eigenvalue weighted by Gasteiger charge is 2.61.